The molecule has 4 aromatic carbocycles. The summed E-state index contributed by atoms with van der Waals surface area (Å²) in [6.07, 6.45) is 0. The van der Waals surface area contributed by atoms with E-state index in [1.165, 1.54) is 27.5 Å². The Balaban J connectivity index is 2.13. The van der Waals surface area contributed by atoms with Gasteiger partial charge in [0.25, 0.3) is 0 Å². The molecule has 0 heterocycles. The number of rotatable bonds is 5. The first-order valence-corrected chi connectivity index (χ1v) is 12.6. The average Bonchev–Trinajstić information content (AvgIpc) is 2.80. The van der Waals surface area contributed by atoms with Crippen LogP contribution in [-0.4, -0.2) is 10.5 Å². The highest BCUT2D eigenvalue weighted by atomic mass is 79.9. The first kappa shape index (κ1) is 22.0. The van der Waals surface area contributed by atoms with Crippen LogP contribution in [0.25, 0.3) is 10.8 Å². The number of alkyl halides is 1. The van der Waals surface area contributed by atoms with Crippen LogP contribution in [0, 0.1) is 0 Å². The summed E-state index contributed by atoms with van der Waals surface area (Å²) in [5, 5.41) is 3.27. The average molecular weight is 490 g/mol. The summed E-state index contributed by atoms with van der Waals surface area (Å²) >= 11 is 3.76. The van der Waals surface area contributed by atoms with Gasteiger partial charge >= 0.3 is 0 Å². The van der Waals surface area contributed by atoms with Gasteiger partial charge in [-0.3, -0.25) is 0 Å². The molecule has 0 bridgehead atoms. The topological polar surface area (TPSA) is 9.23 Å². The summed E-state index contributed by atoms with van der Waals surface area (Å²) in [6, 6.07) is 32.7. The van der Waals surface area contributed by atoms with Crippen molar-refractivity contribution in [2.45, 2.75) is 37.1 Å². The van der Waals surface area contributed by atoms with Crippen LogP contribution in [0.4, 0.5) is 0 Å². The zero-order chi connectivity index (χ0) is 22.1. The number of benzene rings is 4. The molecule has 0 saturated carbocycles. The van der Waals surface area contributed by atoms with Gasteiger partial charge in [0.15, 0.2) is 0 Å². The van der Waals surface area contributed by atoms with Crippen molar-refractivity contribution in [3.63, 3.8) is 0 Å². The second kappa shape index (κ2) is 8.74. The minimum absolute atomic E-state index is 0.104. The fourth-order valence-corrected chi connectivity index (χ4v) is 5.65. The Morgan fingerprint density at radius 3 is 1.81 bits per heavy atom. The van der Waals surface area contributed by atoms with Crippen molar-refractivity contribution < 1.29 is 4.43 Å². The molecule has 1 nitrogen and oxygen atoms in total. The van der Waals surface area contributed by atoms with Gasteiger partial charge in [-0.2, -0.15) is 0 Å². The van der Waals surface area contributed by atoms with Crippen LogP contribution < -0.4 is 0 Å². The Hall–Kier alpha value is -2.20. The van der Waals surface area contributed by atoms with Crippen molar-refractivity contribution in [3.8, 4) is 0 Å². The minimum atomic E-state index is -0.652. The smallest absolute Gasteiger partial charge is 0.148 e. The SMILES string of the molecule is CC(C)(C)c1ccc2c(C(O[SiH3])(c3ccccc3)c3ccccc3)c(CBr)ccc2c1. The first-order valence-electron chi connectivity index (χ1n) is 10.7. The van der Waals surface area contributed by atoms with E-state index in [-0.39, 0.29) is 5.41 Å². The minimum Gasteiger partial charge on any atom is -0.411 e. The summed E-state index contributed by atoms with van der Waals surface area (Å²) in [5.41, 5.74) is 5.59. The number of halogens is 1. The van der Waals surface area contributed by atoms with Crippen LogP contribution in [0.15, 0.2) is 91.0 Å². The molecule has 0 saturated heterocycles. The van der Waals surface area contributed by atoms with E-state index in [2.05, 4.69) is 128 Å². The molecule has 31 heavy (non-hydrogen) atoms. The van der Waals surface area contributed by atoms with E-state index in [1.807, 2.05) is 0 Å². The van der Waals surface area contributed by atoms with Gasteiger partial charge in [-0.25, -0.2) is 0 Å². The van der Waals surface area contributed by atoms with Gasteiger partial charge in [0.2, 0.25) is 0 Å². The van der Waals surface area contributed by atoms with Crippen molar-refractivity contribution in [1.82, 2.24) is 0 Å². The second-order valence-corrected chi connectivity index (χ2v) is 10.0. The third-order valence-electron chi connectivity index (χ3n) is 6.13. The van der Waals surface area contributed by atoms with E-state index < -0.39 is 5.60 Å². The highest BCUT2D eigenvalue weighted by Crippen LogP contribution is 2.45. The van der Waals surface area contributed by atoms with Gasteiger partial charge < -0.3 is 4.43 Å². The molecule has 0 aliphatic carbocycles. The summed E-state index contributed by atoms with van der Waals surface area (Å²) < 4.78 is 6.66. The van der Waals surface area contributed by atoms with Crippen LogP contribution in [-0.2, 0) is 20.8 Å². The Morgan fingerprint density at radius 2 is 1.32 bits per heavy atom. The summed E-state index contributed by atoms with van der Waals surface area (Å²) in [4.78, 5) is 0. The maximum Gasteiger partial charge on any atom is 0.148 e. The summed E-state index contributed by atoms with van der Waals surface area (Å²) in [6.45, 7) is 6.79. The fraction of sp³-hybridized carbons (Fsp3) is 0.214. The quantitative estimate of drug-likeness (QED) is 0.174. The van der Waals surface area contributed by atoms with Gasteiger partial charge in [0.05, 0.1) is 0 Å². The van der Waals surface area contributed by atoms with Gasteiger partial charge in [0, 0.05) is 10.9 Å². The lowest BCUT2D eigenvalue weighted by atomic mass is 9.76. The molecular weight excluding hydrogens is 460 g/mol. The fourth-order valence-electron chi connectivity index (χ4n) is 4.51. The van der Waals surface area contributed by atoms with Gasteiger partial charge in [0.1, 0.15) is 16.1 Å². The van der Waals surface area contributed by atoms with Crippen LogP contribution in [0.1, 0.15) is 48.6 Å². The van der Waals surface area contributed by atoms with Gasteiger partial charge in [-0.1, -0.05) is 128 Å². The van der Waals surface area contributed by atoms with E-state index in [1.54, 1.807) is 0 Å². The van der Waals surface area contributed by atoms with Crippen molar-refractivity contribution in [2.24, 2.45) is 0 Å². The predicted octanol–water partition coefficient (Wildman–Crippen LogP) is 6.62. The second-order valence-electron chi connectivity index (χ2n) is 9.04. The molecule has 0 aliphatic rings. The maximum absolute atomic E-state index is 6.66. The van der Waals surface area contributed by atoms with Crippen LogP contribution in [0.5, 0.6) is 0 Å². The molecule has 0 atom stereocenters. The Bertz CT molecular complexity index is 1140. The zero-order valence-electron chi connectivity index (χ0n) is 18.7. The molecule has 0 N–H and O–H groups in total. The normalized spacial score (nSPS) is 12.4. The monoisotopic (exact) mass is 488 g/mol. The molecule has 0 aromatic heterocycles. The highest BCUT2D eigenvalue weighted by Gasteiger charge is 2.39. The third-order valence-corrected chi connectivity index (χ3v) is 7.35. The van der Waals surface area contributed by atoms with Gasteiger partial charge in [-0.15, -0.1) is 0 Å². The lowest BCUT2D eigenvalue weighted by molar-refractivity contribution is 0.174. The van der Waals surface area contributed by atoms with Crippen LogP contribution >= 0.6 is 15.9 Å². The molecule has 3 heteroatoms. The molecule has 4 aromatic rings. The number of fused-ring (bicyclic) bond motifs is 1. The number of hydrogen-bond acceptors (Lipinski definition) is 1. The molecule has 4 rings (SSSR count). The van der Waals surface area contributed by atoms with Gasteiger partial charge in [-0.05, 0) is 38.4 Å². The van der Waals surface area contributed by atoms with E-state index in [0.717, 1.165) is 16.5 Å². The predicted molar refractivity (Wildman–Crippen MR) is 139 cm³/mol. The molecule has 0 fully saturated rings. The van der Waals surface area contributed by atoms with Crippen molar-refractivity contribution in [1.29, 1.82) is 0 Å². The molecule has 0 spiro atoms. The van der Waals surface area contributed by atoms with Crippen molar-refractivity contribution in [3.05, 3.63) is 119 Å². The lowest BCUT2D eigenvalue weighted by Gasteiger charge is -2.37. The third kappa shape index (κ3) is 3.91. The van der Waals surface area contributed by atoms with Crippen molar-refractivity contribution >= 4 is 37.2 Å². The van der Waals surface area contributed by atoms with E-state index in [4.69, 9.17) is 4.43 Å². The lowest BCUT2D eigenvalue weighted by Crippen LogP contribution is -2.33. The molecule has 0 aliphatic heterocycles. The summed E-state index contributed by atoms with van der Waals surface area (Å²) in [5.74, 6) is 0. The Labute approximate surface area is 197 Å². The van der Waals surface area contributed by atoms with Crippen LogP contribution in [0.2, 0.25) is 0 Å². The standard InChI is InChI=1S/C28H29BrOSi/c1-27(2,3)24-16-17-25-20(18-24)14-15-21(19-29)26(25)28(30-31,22-10-6-4-7-11-22)23-12-8-5-9-13-23/h4-18H,19H2,1-3,31H3. The molecule has 158 valence electrons. The van der Waals surface area contributed by atoms with E-state index >= 15 is 0 Å². The zero-order valence-corrected chi connectivity index (χ0v) is 22.2. The largest absolute Gasteiger partial charge is 0.411 e. The first-order chi connectivity index (χ1) is 14.9. The highest BCUT2D eigenvalue weighted by molar-refractivity contribution is 9.08. The van der Waals surface area contributed by atoms with Crippen molar-refractivity contribution in [2.75, 3.05) is 0 Å². The van der Waals surface area contributed by atoms with E-state index in [9.17, 15) is 0 Å². The Kier molecular flexibility index (Phi) is 6.20. The van der Waals surface area contributed by atoms with E-state index in [0.29, 0.717) is 10.5 Å². The maximum atomic E-state index is 6.66. The Morgan fingerprint density at radius 1 is 0.742 bits per heavy atom. The summed E-state index contributed by atoms with van der Waals surface area (Å²) in [7, 11) is 0.602. The molecule has 0 unspecified atom stereocenters. The molecular formula is C28H29BrOSi. The molecule has 0 amide bonds. The van der Waals surface area contributed by atoms with Crippen LogP contribution in [0.3, 0.4) is 0 Å². The molecule has 0 radical (unpaired) electrons. The number of hydrogen-bond donors (Lipinski definition) is 0.